The van der Waals surface area contributed by atoms with Crippen LogP contribution in [0.15, 0.2) is 30.5 Å². The van der Waals surface area contributed by atoms with E-state index in [2.05, 4.69) is 34.4 Å². The van der Waals surface area contributed by atoms with Crippen LogP contribution in [0.3, 0.4) is 0 Å². The third-order valence-corrected chi connectivity index (χ3v) is 5.39. The molecule has 0 saturated heterocycles. The van der Waals surface area contributed by atoms with Gasteiger partial charge in [0, 0.05) is 17.6 Å². The summed E-state index contributed by atoms with van der Waals surface area (Å²) in [6, 6.07) is 6.16. The molecule has 0 atom stereocenters. The molecule has 5 nitrogen and oxygen atoms in total. The van der Waals surface area contributed by atoms with E-state index in [0.717, 1.165) is 19.4 Å². The van der Waals surface area contributed by atoms with Gasteiger partial charge in [-0.15, -0.1) is 0 Å². The van der Waals surface area contributed by atoms with Crippen LogP contribution in [-0.4, -0.2) is 46.7 Å². The zero-order valence-electron chi connectivity index (χ0n) is 14.8. The molecule has 0 radical (unpaired) electrons. The SMILES string of the molecule is CCN(C)C1(CNC(=O)c2cn[nH]c2-c2cccc(F)c2)CCCC1. The fourth-order valence-corrected chi connectivity index (χ4v) is 3.72. The van der Waals surface area contributed by atoms with Crippen LogP contribution in [0.5, 0.6) is 0 Å². The first kappa shape index (κ1) is 17.6. The Hall–Kier alpha value is -2.21. The van der Waals surface area contributed by atoms with E-state index in [0.29, 0.717) is 23.4 Å². The van der Waals surface area contributed by atoms with Gasteiger partial charge in [-0.1, -0.05) is 31.9 Å². The summed E-state index contributed by atoms with van der Waals surface area (Å²) in [7, 11) is 2.12. The summed E-state index contributed by atoms with van der Waals surface area (Å²) >= 11 is 0. The predicted octanol–water partition coefficient (Wildman–Crippen LogP) is 3.21. The van der Waals surface area contributed by atoms with Crippen LogP contribution in [-0.2, 0) is 0 Å². The summed E-state index contributed by atoms with van der Waals surface area (Å²) in [5, 5.41) is 9.87. The zero-order chi connectivity index (χ0) is 17.9. The van der Waals surface area contributed by atoms with E-state index in [1.165, 1.54) is 31.2 Å². The number of aromatic amines is 1. The van der Waals surface area contributed by atoms with Crippen LogP contribution in [0.4, 0.5) is 4.39 Å². The Balaban J connectivity index is 1.75. The van der Waals surface area contributed by atoms with E-state index in [1.807, 2.05) is 0 Å². The molecule has 3 rings (SSSR count). The lowest BCUT2D eigenvalue weighted by Gasteiger charge is -2.38. The smallest absolute Gasteiger partial charge is 0.255 e. The van der Waals surface area contributed by atoms with E-state index in [9.17, 15) is 9.18 Å². The van der Waals surface area contributed by atoms with Crippen molar-refractivity contribution in [3.63, 3.8) is 0 Å². The summed E-state index contributed by atoms with van der Waals surface area (Å²) in [4.78, 5) is 15.0. The molecule has 25 heavy (non-hydrogen) atoms. The molecule has 0 spiro atoms. The molecule has 1 aliphatic carbocycles. The van der Waals surface area contributed by atoms with Gasteiger partial charge in [-0.05, 0) is 38.6 Å². The van der Waals surface area contributed by atoms with Crippen molar-refractivity contribution in [1.29, 1.82) is 0 Å². The Morgan fingerprint density at radius 1 is 1.40 bits per heavy atom. The van der Waals surface area contributed by atoms with Crippen molar-refractivity contribution < 1.29 is 9.18 Å². The quantitative estimate of drug-likeness (QED) is 0.846. The normalized spacial score (nSPS) is 16.3. The molecule has 1 aliphatic rings. The molecule has 0 aliphatic heterocycles. The number of H-pyrrole nitrogens is 1. The fourth-order valence-electron chi connectivity index (χ4n) is 3.72. The van der Waals surface area contributed by atoms with E-state index in [-0.39, 0.29) is 17.3 Å². The maximum atomic E-state index is 13.5. The lowest BCUT2D eigenvalue weighted by Crippen LogP contribution is -2.52. The van der Waals surface area contributed by atoms with Crippen LogP contribution in [0, 0.1) is 5.82 Å². The topological polar surface area (TPSA) is 61.0 Å². The van der Waals surface area contributed by atoms with Crippen molar-refractivity contribution in [3.8, 4) is 11.3 Å². The van der Waals surface area contributed by atoms with Crippen molar-refractivity contribution in [2.45, 2.75) is 38.1 Å². The minimum absolute atomic E-state index is 0.0349. The molecule has 134 valence electrons. The summed E-state index contributed by atoms with van der Waals surface area (Å²) in [6.45, 7) is 3.71. The predicted molar refractivity (Wildman–Crippen MR) is 95.8 cm³/mol. The average Bonchev–Trinajstić information content (AvgIpc) is 3.29. The molecule has 1 amide bonds. The third-order valence-electron chi connectivity index (χ3n) is 5.39. The molecule has 0 unspecified atom stereocenters. The summed E-state index contributed by atoms with van der Waals surface area (Å²) in [5.41, 5.74) is 1.63. The van der Waals surface area contributed by atoms with Crippen LogP contribution in [0.2, 0.25) is 0 Å². The fraction of sp³-hybridized carbons (Fsp3) is 0.474. The number of amides is 1. The Labute approximate surface area is 147 Å². The maximum absolute atomic E-state index is 13.5. The van der Waals surface area contributed by atoms with Crippen molar-refractivity contribution in [3.05, 3.63) is 41.8 Å². The second-order valence-electron chi connectivity index (χ2n) is 6.80. The second kappa shape index (κ2) is 7.35. The number of halogens is 1. The number of benzene rings is 1. The molecule has 1 aromatic carbocycles. The Bertz CT molecular complexity index is 737. The van der Waals surface area contributed by atoms with Crippen LogP contribution >= 0.6 is 0 Å². The highest BCUT2D eigenvalue weighted by atomic mass is 19.1. The van der Waals surface area contributed by atoms with Gasteiger partial charge in [0.15, 0.2) is 0 Å². The Morgan fingerprint density at radius 3 is 2.84 bits per heavy atom. The van der Waals surface area contributed by atoms with Gasteiger partial charge in [-0.2, -0.15) is 5.10 Å². The largest absolute Gasteiger partial charge is 0.350 e. The molecule has 1 fully saturated rings. The third kappa shape index (κ3) is 3.58. The minimum Gasteiger partial charge on any atom is -0.350 e. The van der Waals surface area contributed by atoms with Crippen molar-refractivity contribution >= 4 is 5.91 Å². The number of rotatable bonds is 6. The summed E-state index contributed by atoms with van der Waals surface area (Å²) in [5.74, 6) is -0.517. The standard InChI is InChI=1S/C19H25FN4O/c1-3-24(2)19(9-4-5-10-19)13-21-18(25)16-12-22-23-17(16)14-7-6-8-15(20)11-14/h6-8,11-12H,3-5,9-10,13H2,1-2H3,(H,21,25)(H,22,23). The Kier molecular flexibility index (Phi) is 5.18. The molecule has 6 heteroatoms. The van der Waals surface area contributed by atoms with E-state index >= 15 is 0 Å². The summed E-state index contributed by atoms with van der Waals surface area (Å²) < 4.78 is 13.5. The van der Waals surface area contributed by atoms with Gasteiger partial charge in [-0.3, -0.25) is 14.8 Å². The molecular weight excluding hydrogens is 319 g/mol. The number of carbonyl (C=O) groups excluding carboxylic acids is 1. The van der Waals surface area contributed by atoms with Gasteiger partial charge >= 0.3 is 0 Å². The summed E-state index contributed by atoms with van der Waals surface area (Å²) in [6.07, 6.45) is 6.08. The van der Waals surface area contributed by atoms with Crippen molar-refractivity contribution in [2.24, 2.45) is 0 Å². The number of aromatic nitrogens is 2. The van der Waals surface area contributed by atoms with Crippen molar-refractivity contribution in [2.75, 3.05) is 20.1 Å². The number of likely N-dealkylation sites (N-methyl/N-ethyl adjacent to an activating group) is 1. The first-order valence-corrected chi connectivity index (χ1v) is 8.84. The molecule has 0 bridgehead atoms. The zero-order valence-corrected chi connectivity index (χ0v) is 14.8. The number of nitrogens with zero attached hydrogens (tertiary/aromatic N) is 2. The highest BCUT2D eigenvalue weighted by molar-refractivity contribution is 5.99. The molecule has 2 N–H and O–H groups in total. The molecular formula is C19H25FN4O. The maximum Gasteiger partial charge on any atom is 0.255 e. The second-order valence-corrected chi connectivity index (χ2v) is 6.80. The number of carbonyl (C=O) groups is 1. The minimum atomic E-state index is -0.340. The van der Waals surface area contributed by atoms with Crippen molar-refractivity contribution in [1.82, 2.24) is 20.4 Å². The molecule has 1 saturated carbocycles. The van der Waals surface area contributed by atoms with E-state index in [4.69, 9.17) is 0 Å². The first-order chi connectivity index (χ1) is 12.1. The number of hydrogen-bond donors (Lipinski definition) is 2. The lowest BCUT2D eigenvalue weighted by atomic mass is 9.95. The van der Waals surface area contributed by atoms with Gasteiger partial charge in [0.1, 0.15) is 5.82 Å². The van der Waals surface area contributed by atoms with Gasteiger partial charge in [-0.25, -0.2) is 4.39 Å². The van der Waals surface area contributed by atoms with E-state index < -0.39 is 0 Å². The van der Waals surface area contributed by atoms with Gasteiger partial charge in [0.2, 0.25) is 0 Å². The van der Waals surface area contributed by atoms with Crippen LogP contribution in [0.1, 0.15) is 43.0 Å². The van der Waals surface area contributed by atoms with E-state index in [1.54, 1.807) is 12.1 Å². The molecule has 1 heterocycles. The average molecular weight is 344 g/mol. The van der Waals surface area contributed by atoms with Gasteiger partial charge in [0.05, 0.1) is 17.5 Å². The van der Waals surface area contributed by atoms with Crippen LogP contribution in [0.25, 0.3) is 11.3 Å². The highest BCUT2D eigenvalue weighted by Gasteiger charge is 2.37. The Morgan fingerprint density at radius 2 is 2.16 bits per heavy atom. The monoisotopic (exact) mass is 344 g/mol. The molecule has 2 aromatic rings. The van der Waals surface area contributed by atoms with Gasteiger partial charge in [0.25, 0.3) is 5.91 Å². The lowest BCUT2D eigenvalue weighted by molar-refractivity contribution is 0.0875. The first-order valence-electron chi connectivity index (χ1n) is 8.84. The van der Waals surface area contributed by atoms with Gasteiger partial charge < -0.3 is 5.32 Å². The highest BCUT2D eigenvalue weighted by Crippen LogP contribution is 2.34. The number of hydrogen-bond acceptors (Lipinski definition) is 3. The molecule has 1 aromatic heterocycles. The number of nitrogens with one attached hydrogen (secondary N) is 2. The van der Waals surface area contributed by atoms with Crippen LogP contribution < -0.4 is 5.32 Å².